The van der Waals surface area contributed by atoms with Crippen LogP contribution in [0.3, 0.4) is 0 Å². The largest absolute Gasteiger partial charge is 0.299 e. The Hall–Kier alpha value is -2.03. The average molecular weight is 260 g/mol. The van der Waals surface area contributed by atoms with E-state index in [4.69, 9.17) is 0 Å². The maximum absolute atomic E-state index is 13.0. The first-order chi connectivity index (χ1) is 9.13. The summed E-state index contributed by atoms with van der Waals surface area (Å²) in [7, 11) is 0. The molecular weight excluding hydrogens is 246 g/mol. The van der Waals surface area contributed by atoms with E-state index in [1.54, 1.807) is 0 Å². The molecule has 0 bridgehead atoms. The molecule has 2 rings (SSSR count). The molecule has 0 unspecified atom stereocenters. The molecule has 0 N–H and O–H groups in total. The Bertz CT molecular complexity index is 544. The van der Waals surface area contributed by atoms with Crippen LogP contribution in [0.2, 0.25) is 0 Å². The normalized spacial score (nSPS) is 10.4. The van der Waals surface area contributed by atoms with Crippen LogP contribution in [0, 0.1) is 11.6 Å². The van der Waals surface area contributed by atoms with Crippen molar-refractivity contribution < 1.29 is 13.6 Å². The van der Waals surface area contributed by atoms with E-state index in [-0.39, 0.29) is 12.2 Å². The summed E-state index contributed by atoms with van der Waals surface area (Å²) >= 11 is 0. The van der Waals surface area contributed by atoms with Crippen molar-refractivity contribution in [2.45, 2.75) is 19.3 Å². The minimum atomic E-state index is -0.647. The van der Waals surface area contributed by atoms with Crippen LogP contribution < -0.4 is 0 Å². The Morgan fingerprint density at radius 2 is 1.53 bits per heavy atom. The smallest absolute Gasteiger partial charge is 0.137 e. The molecule has 0 fully saturated rings. The van der Waals surface area contributed by atoms with Gasteiger partial charge in [-0.25, -0.2) is 8.78 Å². The van der Waals surface area contributed by atoms with Crippen molar-refractivity contribution in [3.05, 3.63) is 71.3 Å². The molecule has 0 heterocycles. The third-order valence-electron chi connectivity index (χ3n) is 2.86. The number of aryl methyl sites for hydroxylation is 1. The molecule has 0 saturated heterocycles. The second-order valence-corrected chi connectivity index (χ2v) is 4.48. The summed E-state index contributed by atoms with van der Waals surface area (Å²) in [6.45, 7) is 0. The van der Waals surface area contributed by atoms with Crippen LogP contribution in [0.15, 0.2) is 48.5 Å². The first kappa shape index (κ1) is 13.4. The second-order valence-electron chi connectivity index (χ2n) is 4.48. The molecule has 0 amide bonds. The highest BCUT2D eigenvalue weighted by molar-refractivity contribution is 5.81. The molecule has 2 aromatic carbocycles. The lowest BCUT2D eigenvalue weighted by Gasteiger charge is -2.03. The van der Waals surface area contributed by atoms with Gasteiger partial charge in [0, 0.05) is 18.9 Å². The molecule has 98 valence electrons. The minimum Gasteiger partial charge on any atom is -0.299 e. The Kier molecular flexibility index (Phi) is 4.39. The number of halogens is 2. The summed E-state index contributed by atoms with van der Waals surface area (Å²) in [4.78, 5) is 11.8. The van der Waals surface area contributed by atoms with Gasteiger partial charge in [0.2, 0.25) is 0 Å². The van der Waals surface area contributed by atoms with Crippen molar-refractivity contribution in [3.63, 3.8) is 0 Å². The SMILES string of the molecule is O=C(CCc1ccccc1)Cc1cc(F)cc(F)c1. The van der Waals surface area contributed by atoms with E-state index in [1.807, 2.05) is 30.3 Å². The van der Waals surface area contributed by atoms with Crippen molar-refractivity contribution in [1.82, 2.24) is 0 Å². The highest BCUT2D eigenvalue weighted by Crippen LogP contribution is 2.11. The van der Waals surface area contributed by atoms with Crippen molar-refractivity contribution in [2.24, 2.45) is 0 Å². The maximum Gasteiger partial charge on any atom is 0.137 e. The monoisotopic (exact) mass is 260 g/mol. The first-order valence-corrected chi connectivity index (χ1v) is 6.14. The number of ketones is 1. The van der Waals surface area contributed by atoms with Crippen molar-refractivity contribution in [1.29, 1.82) is 0 Å². The molecule has 19 heavy (non-hydrogen) atoms. The van der Waals surface area contributed by atoms with Crippen LogP contribution in [0.5, 0.6) is 0 Å². The number of rotatable bonds is 5. The number of carbonyl (C=O) groups excluding carboxylic acids is 1. The van der Waals surface area contributed by atoms with Crippen LogP contribution in [0.4, 0.5) is 8.78 Å². The summed E-state index contributed by atoms with van der Waals surface area (Å²) in [5, 5.41) is 0. The van der Waals surface area contributed by atoms with Gasteiger partial charge in [0.25, 0.3) is 0 Å². The zero-order valence-electron chi connectivity index (χ0n) is 10.4. The molecule has 0 aliphatic rings. The van der Waals surface area contributed by atoms with Gasteiger partial charge in [0.15, 0.2) is 0 Å². The lowest BCUT2D eigenvalue weighted by molar-refractivity contribution is -0.118. The van der Waals surface area contributed by atoms with Gasteiger partial charge in [-0.05, 0) is 29.7 Å². The van der Waals surface area contributed by atoms with E-state index >= 15 is 0 Å². The lowest BCUT2D eigenvalue weighted by atomic mass is 10.0. The van der Waals surface area contributed by atoms with Crippen molar-refractivity contribution in [2.75, 3.05) is 0 Å². The van der Waals surface area contributed by atoms with E-state index in [2.05, 4.69) is 0 Å². The summed E-state index contributed by atoms with van der Waals surface area (Å²) in [5.74, 6) is -1.31. The fraction of sp³-hybridized carbons (Fsp3) is 0.188. The highest BCUT2D eigenvalue weighted by atomic mass is 19.1. The number of hydrogen-bond acceptors (Lipinski definition) is 1. The van der Waals surface area contributed by atoms with Crippen molar-refractivity contribution >= 4 is 5.78 Å². The van der Waals surface area contributed by atoms with E-state index in [0.29, 0.717) is 18.4 Å². The average Bonchev–Trinajstić information content (AvgIpc) is 2.36. The molecule has 0 aromatic heterocycles. The maximum atomic E-state index is 13.0. The summed E-state index contributed by atoms with van der Waals surface area (Å²) in [6.07, 6.45) is 1.10. The first-order valence-electron chi connectivity index (χ1n) is 6.14. The van der Waals surface area contributed by atoms with Crippen LogP contribution in [0.25, 0.3) is 0 Å². The van der Waals surface area contributed by atoms with E-state index in [1.165, 1.54) is 12.1 Å². The van der Waals surface area contributed by atoms with Gasteiger partial charge in [-0.15, -0.1) is 0 Å². The molecule has 0 radical (unpaired) electrons. The van der Waals surface area contributed by atoms with E-state index in [9.17, 15) is 13.6 Å². The summed E-state index contributed by atoms with van der Waals surface area (Å²) < 4.78 is 26.0. The zero-order chi connectivity index (χ0) is 13.7. The predicted molar refractivity (Wildman–Crippen MR) is 69.8 cm³/mol. The number of Topliss-reactive ketones (excluding diaryl/α,β-unsaturated/α-hetero) is 1. The summed E-state index contributed by atoms with van der Waals surface area (Å²) in [5.41, 5.74) is 1.47. The van der Waals surface area contributed by atoms with Gasteiger partial charge in [-0.3, -0.25) is 4.79 Å². The van der Waals surface area contributed by atoms with Gasteiger partial charge in [-0.2, -0.15) is 0 Å². The van der Waals surface area contributed by atoms with Crippen molar-refractivity contribution in [3.8, 4) is 0 Å². The Morgan fingerprint density at radius 3 is 2.16 bits per heavy atom. The standard InChI is InChI=1S/C16H14F2O/c17-14-8-13(9-15(18)11-14)10-16(19)7-6-12-4-2-1-3-5-12/h1-5,8-9,11H,6-7,10H2. The molecule has 0 atom stereocenters. The Balaban J connectivity index is 1.91. The Morgan fingerprint density at radius 1 is 0.895 bits per heavy atom. The molecule has 0 aliphatic heterocycles. The second kappa shape index (κ2) is 6.23. The third-order valence-corrected chi connectivity index (χ3v) is 2.86. The van der Waals surface area contributed by atoms with Crippen LogP contribution >= 0.6 is 0 Å². The molecular formula is C16H14F2O. The lowest BCUT2D eigenvalue weighted by Crippen LogP contribution is -2.05. The third kappa shape index (κ3) is 4.28. The van der Waals surface area contributed by atoms with Gasteiger partial charge in [0.05, 0.1) is 0 Å². The van der Waals surface area contributed by atoms with Crippen LogP contribution in [0.1, 0.15) is 17.5 Å². The fourth-order valence-electron chi connectivity index (χ4n) is 1.96. The fourth-order valence-corrected chi connectivity index (χ4v) is 1.96. The molecule has 0 saturated carbocycles. The van der Waals surface area contributed by atoms with Crippen LogP contribution in [-0.2, 0) is 17.6 Å². The minimum absolute atomic E-state index is 0.0196. The highest BCUT2D eigenvalue weighted by Gasteiger charge is 2.07. The predicted octanol–water partition coefficient (Wildman–Crippen LogP) is 3.71. The number of benzene rings is 2. The number of hydrogen-bond donors (Lipinski definition) is 0. The quantitative estimate of drug-likeness (QED) is 0.801. The molecule has 0 spiro atoms. The topological polar surface area (TPSA) is 17.1 Å². The van der Waals surface area contributed by atoms with Crippen LogP contribution in [-0.4, -0.2) is 5.78 Å². The Labute approximate surface area is 110 Å². The molecule has 2 aromatic rings. The number of carbonyl (C=O) groups is 1. The van der Waals surface area contributed by atoms with Gasteiger partial charge in [-0.1, -0.05) is 30.3 Å². The zero-order valence-corrected chi connectivity index (χ0v) is 10.4. The van der Waals surface area contributed by atoms with Gasteiger partial charge < -0.3 is 0 Å². The summed E-state index contributed by atoms with van der Waals surface area (Å²) in [6, 6.07) is 12.9. The van der Waals surface area contributed by atoms with E-state index < -0.39 is 11.6 Å². The molecule has 1 nitrogen and oxygen atoms in total. The van der Waals surface area contributed by atoms with Gasteiger partial charge in [0.1, 0.15) is 17.4 Å². The molecule has 3 heteroatoms. The van der Waals surface area contributed by atoms with E-state index in [0.717, 1.165) is 11.6 Å². The molecule has 0 aliphatic carbocycles. The van der Waals surface area contributed by atoms with Gasteiger partial charge >= 0.3 is 0 Å².